The molecule has 0 unspecified atom stereocenters. The molecule has 1 N–H and O–H groups in total. The second-order valence-corrected chi connectivity index (χ2v) is 7.78. The van der Waals surface area contributed by atoms with E-state index in [4.69, 9.17) is 0 Å². The van der Waals surface area contributed by atoms with Crippen molar-refractivity contribution >= 4 is 37.3 Å². The summed E-state index contributed by atoms with van der Waals surface area (Å²) in [6.45, 7) is 0. The van der Waals surface area contributed by atoms with Crippen LogP contribution in [0.15, 0.2) is 36.5 Å². The van der Waals surface area contributed by atoms with Crippen LogP contribution in [0, 0.1) is 0 Å². The summed E-state index contributed by atoms with van der Waals surface area (Å²) < 4.78 is 1.32. The third kappa shape index (κ3) is 2.81. The van der Waals surface area contributed by atoms with E-state index in [-0.39, 0.29) is 0 Å². The maximum absolute atomic E-state index is 4.58. The van der Waals surface area contributed by atoms with Crippen molar-refractivity contribution in [1.29, 1.82) is 0 Å². The third-order valence-electron chi connectivity index (χ3n) is 5.07. The lowest BCUT2D eigenvalue weighted by Gasteiger charge is -2.33. The summed E-state index contributed by atoms with van der Waals surface area (Å²) in [7, 11) is 4.39. The van der Waals surface area contributed by atoms with Gasteiger partial charge in [-0.05, 0) is 51.9 Å². The number of nitrogens with zero attached hydrogens (tertiary/aromatic N) is 2. The second kappa shape index (κ2) is 6.10. The SMILES string of the molecule is CN(C)[C@H]1CC[C@H](Nc2ccnc3sc4ccccc4c23)CC1. The molecule has 1 aliphatic rings. The summed E-state index contributed by atoms with van der Waals surface area (Å²) >= 11 is 1.78. The number of anilines is 1. The number of pyridine rings is 1. The number of fused-ring (bicyclic) bond motifs is 3. The summed E-state index contributed by atoms with van der Waals surface area (Å²) in [5, 5.41) is 6.43. The molecule has 4 heteroatoms. The summed E-state index contributed by atoms with van der Waals surface area (Å²) in [5.41, 5.74) is 1.25. The molecule has 0 radical (unpaired) electrons. The predicted octanol–water partition coefficient (Wildman–Crippen LogP) is 4.73. The lowest BCUT2D eigenvalue weighted by atomic mass is 9.90. The Balaban J connectivity index is 1.62. The Kier molecular flexibility index (Phi) is 3.95. The number of aromatic nitrogens is 1. The smallest absolute Gasteiger partial charge is 0.126 e. The van der Waals surface area contributed by atoms with Crippen LogP contribution >= 0.6 is 11.3 Å². The normalized spacial score (nSPS) is 22.0. The number of nitrogens with one attached hydrogen (secondary N) is 1. The Morgan fingerprint density at radius 3 is 2.65 bits per heavy atom. The monoisotopic (exact) mass is 325 g/mol. The van der Waals surface area contributed by atoms with E-state index >= 15 is 0 Å². The van der Waals surface area contributed by atoms with E-state index in [0.717, 1.165) is 10.9 Å². The molecule has 3 aromatic rings. The summed E-state index contributed by atoms with van der Waals surface area (Å²) in [6.07, 6.45) is 6.99. The number of hydrogen-bond donors (Lipinski definition) is 1. The van der Waals surface area contributed by atoms with E-state index < -0.39 is 0 Å². The molecule has 0 atom stereocenters. The van der Waals surface area contributed by atoms with Crippen molar-refractivity contribution in [3.63, 3.8) is 0 Å². The van der Waals surface area contributed by atoms with Crippen LogP contribution in [-0.4, -0.2) is 36.1 Å². The van der Waals surface area contributed by atoms with Gasteiger partial charge in [0.2, 0.25) is 0 Å². The molecule has 0 saturated heterocycles. The van der Waals surface area contributed by atoms with Crippen molar-refractivity contribution in [1.82, 2.24) is 9.88 Å². The van der Waals surface area contributed by atoms with Gasteiger partial charge in [-0.3, -0.25) is 0 Å². The van der Waals surface area contributed by atoms with Gasteiger partial charge in [-0.2, -0.15) is 0 Å². The Morgan fingerprint density at radius 1 is 1.09 bits per heavy atom. The van der Waals surface area contributed by atoms with Gasteiger partial charge in [-0.15, -0.1) is 11.3 Å². The van der Waals surface area contributed by atoms with Crippen LogP contribution in [0.5, 0.6) is 0 Å². The maximum atomic E-state index is 4.58. The Labute approximate surface area is 141 Å². The number of benzene rings is 1. The highest BCUT2D eigenvalue weighted by Crippen LogP contribution is 2.37. The molecular formula is C19H23N3S. The van der Waals surface area contributed by atoms with Crippen molar-refractivity contribution < 1.29 is 0 Å². The summed E-state index contributed by atoms with van der Waals surface area (Å²) in [6, 6.07) is 12.1. The van der Waals surface area contributed by atoms with Gasteiger partial charge in [0, 0.05) is 39.4 Å². The largest absolute Gasteiger partial charge is 0.382 e. The van der Waals surface area contributed by atoms with Crippen LogP contribution in [0.3, 0.4) is 0 Å². The van der Waals surface area contributed by atoms with E-state index in [9.17, 15) is 0 Å². The van der Waals surface area contributed by atoms with Gasteiger partial charge in [0.25, 0.3) is 0 Å². The first-order valence-corrected chi connectivity index (χ1v) is 9.23. The molecule has 23 heavy (non-hydrogen) atoms. The van der Waals surface area contributed by atoms with E-state index in [0.29, 0.717) is 6.04 Å². The Bertz CT molecular complexity index is 816. The van der Waals surface area contributed by atoms with Gasteiger partial charge in [-0.1, -0.05) is 18.2 Å². The Hall–Kier alpha value is -1.65. The van der Waals surface area contributed by atoms with Crippen LogP contribution in [0.2, 0.25) is 0 Å². The molecule has 120 valence electrons. The molecule has 1 aliphatic carbocycles. The molecule has 4 rings (SSSR count). The van der Waals surface area contributed by atoms with E-state index in [1.165, 1.54) is 46.8 Å². The predicted molar refractivity (Wildman–Crippen MR) is 100 cm³/mol. The van der Waals surface area contributed by atoms with Crippen LogP contribution < -0.4 is 5.32 Å². The zero-order valence-electron chi connectivity index (χ0n) is 13.7. The van der Waals surface area contributed by atoms with Crippen molar-refractivity contribution in [2.24, 2.45) is 0 Å². The summed E-state index contributed by atoms with van der Waals surface area (Å²) in [5.74, 6) is 0. The fourth-order valence-electron chi connectivity index (χ4n) is 3.72. The van der Waals surface area contributed by atoms with E-state index in [1.807, 2.05) is 6.20 Å². The first-order valence-electron chi connectivity index (χ1n) is 8.41. The van der Waals surface area contributed by atoms with Crippen molar-refractivity contribution in [2.45, 2.75) is 37.8 Å². The fourth-order valence-corrected chi connectivity index (χ4v) is 4.79. The van der Waals surface area contributed by atoms with Crippen molar-refractivity contribution in [3.8, 4) is 0 Å². The first kappa shape index (κ1) is 14.9. The minimum absolute atomic E-state index is 0.579. The highest BCUT2D eigenvalue weighted by atomic mass is 32.1. The van der Waals surface area contributed by atoms with Gasteiger partial charge in [0.05, 0.1) is 0 Å². The fraction of sp³-hybridized carbons (Fsp3) is 0.421. The van der Waals surface area contributed by atoms with Crippen molar-refractivity contribution in [3.05, 3.63) is 36.5 Å². The van der Waals surface area contributed by atoms with Crippen LogP contribution in [0.4, 0.5) is 5.69 Å². The number of thiophene rings is 1. The summed E-state index contributed by atoms with van der Waals surface area (Å²) in [4.78, 5) is 8.08. The molecule has 3 nitrogen and oxygen atoms in total. The molecular weight excluding hydrogens is 302 g/mol. The van der Waals surface area contributed by atoms with E-state index in [1.54, 1.807) is 11.3 Å². The molecule has 2 heterocycles. The average molecular weight is 325 g/mol. The highest BCUT2D eigenvalue weighted by Gasteiger charge is 2.23. The van der Waals surface area contributed by atoms with Crippen LogP contribution in [0.25, 0.3) is 20.3 Å². The number of hydrogen-bond acceptors (Lipinski definition) is 4. The molecule has 1 fully saturated rings. The minimum Gasteiger partial charge on any atom is -0.382 e. The van der Waals surface area contributed by atoms with Crippen molar-refractivity contribution in [2.75, 3.05) is 19.4 Å². The maximum Gasteiger partial charge on any atom is 0.126 e. The Morgan fingerprint density at radius 2 is 1.87 bits per heavy atom. The topological polar surface area (TPSA) is 28.2 Å². The zero-order valence-corrected chi connectivity index (χ0v) is 14.6. The zero-order chi connectivity index (χ0) is 15.8. The van der Waals surface area contributed by atoms with Gasteiger partial charge in [0.1, 0.15) is 4.83 Å². The highest BCUT2D eigenvalue weighted by molar-refractivity contribution is 7.25. The lowest BCUT2D eigenvalue weighted by molar-refractivity contribution is 0.221. The first-order chi connectivity index (χ1) is 11.2. The molecule has 0 spiro atoms. The molecule has 1 aromatic carbocycles. The lowest BCUT2D eigenvalue weighted by Crippen LogP contribution is -2.36. The molecule has 2 aromatic heterocycles. The third-order valence-corrected chi connectivity index (χ3v) is 6.14. The number of rotatable bonds is 3. The van der Waals surface area contributed by atoms with E-state index in [2.05, 4.69) is 59.6 Å². The average Bonchev–Trinajstić information content (AvgIpc) is 2.95. The minimum atomic E-state index is 0.579. The molecule has 0 aliphatic heterocycles. The molecule has 0 amide bonds. The van der Waals surface area contributed by atoms with Crippen LogP contribution in [-0.2, 0) is 0 Å². The van der Waals surface area contributed by atoms with Crippen LogP contribution in [0.1, 0.15) is 25.7 Å². The molecule has 1 saturated carbocycles. The van der Waals surface area contributed by atoms with Gasteiger partial charge in [0.15, 0.2) is 0 Å². The standard InChI is InChI=1S/C19H23N3S/c1-22(2)14-9-7-13(8-10-14)21-16-11-12-20-19-18(16)15-5-3-4-6-17(15)23-19/h3-6,11-14H,7-10H2,1-2H3,(H,20,21)/t13-,14-. The second-order valence-electron chi connectivity index (χ2n) is 6.75. The van der Waals surface area contributed by atoms with Gasteiger partial charge < -0.3 is 10.2 Å². The quantitative estimate of drug-likeness (QED) is 0.754. The van der Waals surface area contributed by atoms with Gasteiger partial charge in [-0.25, -0.2) is 4.98 Å². The molecule has 0 bridgehead atoms. The van der Waals surface area contributed by atoms with Gasteiger partial charge >= 0.3 is 0 Å².